The third-order valence-corrected chi connectivity index (χ3v) is 5.85. The fraction of sp³-hybridized carbons (Fsp3) is 0.174. The molecule has 188 valence electrons. The Morgan fingerprint density at radius 3 is 2.76 bits per heavy atom. The molecular weight excluding hydrogens is 499 g/mol. The molecule has 0 radical (unpaired) electrons. The minimum atomic E-state index is -0.496. The molecule has 0 atom stereocenters. The van der Waals surface area contributed by atoms with Gasteiger partial charge in [-0.15, -0.1) is 0 Å². The Kier molecular flexibility index (Phi) is 7.19. The number of benzene rings is 2. The first kappa shape index (κ1) is 24.1. The van der Waals surface area contributed by atoms with Crippen LogP contribution in [-0.4, -0.2) is 53.7 Å². The summed E-state index contributed by atoms with van der Waals surface area (Å²) < 4.78 is 25.5. The number of halogens is 1. The summed E-state index contributed by atoms with van der Waals surface area (Å²) in [6, 6.07) is 11.7. The number of rotatable bonds is 10. The lowest BCUT2D eigenvalue weighted by molar-refractivity contribution is -0.114. The lowest BCUT2D eigenvalue weighted by atomic mass is 10.2. The molecule has 0 unspecified atom stereocenters. The van der Waals surface area contributed by atoms with Crippen molar-refractivity contribution in [3.8, 4) is 5.69 Å². The summed E-state index contributed by atoms with van der Waals surface area (Å²) in [6.45, 7) is 0.512. The average Bonchev–Trinajstić information content (AvgIpc) is 3.60. The van der Waals surface area contributed by atoms with Crippen molar-refractivity contribution in [2.45, 2.75) is 13.2 Å². The molecule has 0 saturated heterocycles. The SMILES string of the molecule is COCc1nsc(CNc2nc(NCC(=O)Nc3ccc(-n4cncn4)cc3)c3c(F)cccc3n2)n1. The third kappa shape index (κ3) is 5.82. The zero-order valence-electron chi connectivity index (χ0n) is 19.6. The van der Waals surface area contributed by atoms with Crippen molar-refractivity contribution in [2.24, 2.45) is 0 Å². The number of carbonyl (C=O) groups excluding carboxylic acids is 1. The quantitative estimate of drug-likeness (QED) is 0.251. The fourth-order valence-electron chi connectivity index (χ4n) is 3.46. The molecule has 0 aliphatic heterocycles. The van der Waals surface area contributed by atoms with Gasteiger partial charge >= 0.3 is 0 Å². The van der Waals surface area contributed by atoms with Crippen LogP contribution in [0.3, 0.4) is 0 Å². The molecule has 14 heteroatoms. The second-order valence-electron chi connectivity index (χ2n) is 7.71. The Morgan fingerprint density at radius 2 is 1.97 bits per heavy atom. The summed E-state index contributed by atoms with van der Waals surface area (Å²) in [7, 11) is 1.58. The lowest BCUT2D eigenvalue weighted by Crippen LogP contribution is -2.22. The number of aromatic nitrogens is 7. The van der Waals surface area contributed by atoms with E-state index in [4.69, 9.17) is 4.74 Å². The van der Waals surface area contributed by atoms with Crippen molar-refractivity contribution in [1.29, 1.82) is 0 Å². The van der Waals surface area contributed by atoms with E-state index in [1.54, 1.807) is 54.5 Å². The van der Waals surface area contributed by atoms with Crippen LogP contribution in [0.15, 0.2) is 55.1 Å². The van der Waals surface area contributed by atoms with Crippen LogP contribution in [0.2, 0.25) is 0 Å². The van der Waals surface area contributed by atoms with Crippen LogP contribution in [0.5, 0.6) is 0 Å². The van der Waals surface area contributed by atoms with E-state index in [-0.39, 0.29) is 29.6 Å². The molecule has 2 aromatic carbocycles. The molecule has 5 rings (SSSR count). The highest BCUT2D eigenvalue weighted by atomic mass is 32.1. The number of hydrogen-bond donors (Lipinski definition) is 3. The molecule has 0 bridgehead atoms. The van der Waals surface area contributed by atoms with Gasteiger partial charge in [0.15, 0.2) is 5.82 Å². The van der Waals surface area contributed by atoms with E-state index in [1.807, 2.05) is 0 Å². The molecular formula is C23H21FN10O2S. The molecule has 3 heterocycles. The number of nitrogens with zero attached hydrogens (tertiary/aromatic N) is 7. The van der Waals surface area contributed by atoms with Crippen LogP contribution in [0, 0.1) is 5.82 Å². The highest BCUT2D eigenvalue weighted by Crippen LogP contribution is 2.25. The average molecular weight is 521 g/mol. The maximum atomic E-state index is 14.6. The van der Waals surface area contributed by atoms with E-state index >= 15 is 0 Å². The van der Waals surface area contributed by atoms with Crippen LogP contribution >= 0.6 is 11.5 Å². The predicted molar refractivity (Wildman–Crippen MR) is 136 cm³/mol. The van der Waals surface area contributed by atoms with Gasteiger partial charge in [-0.1, -0.05) is 6.07 Å². The van der Waals surface area contributed by atoms with Crippen LogP contribution in [0.4, 0.5) is 21.8 Å². The van der Waals surface area contributed by atoms with Gasteiger partial charge in [0, 0.05) is 12.8 Å². The molecule has 0 saturated carbocycles. The highest BCUT2D eigenvalue weighted by molar-refractivity contribution is 7.05. The third-order valence-electron chi connectivity index (χ3n) is 5.10. The van der Waals surface area contributed by atoms with Crippen molar-refractivity contribution < 1.29 is 13.9 Å². The standard InChI is InChI=1S/C23H21FN10O2S/c1-36-11-18-31-20(37-33-18)10-27-23-30-17-4-2-3-16(24)21(17)22(32-23)26-9-19(35)29-14-5-7-15(8-6-14)34-13-25-12-28-34/h2-8,12-13H,9-11H2,1H3,(H,29,35)(H2,26,27,30,32). The van der Waals surface area contributed by atoms with Gasteiger partial charge in [0.25, 0.3) is 0 Å². The summed E-state index contributed by atoms with van der Waals surface area (Å²) in [5, 5.41) is 13.8. The lowest BCUT2D eigenvalue weighted by Gasteiger charge is -2.12. The molecule has 0 fully saturated rings. The van der Waals surface area contributed by atoms with Crippen molar-refractivity contribution in [3.05, 3.63) is 71.8 Å². The zero-order chi connectivity index (χ0) is 25.6. The Hall–Kier alpha value is -4.56. The van der Waals surface area contributed by atoms with Crippen LogP contribution in [-0.2, 0) is 22.7 Å². The Morgan fingerprint density at radius 1 is 1.11 bits per heavy atom. The van der Waals surface area contributed by atoms with E-state index in [2.05, 4.69) is 45.4 Å². The summed E-state index contributed by atoms with van der Waals surface area (Å²) in [6.07, 6.45) is 3.02. The number of methoxy groups -OCH3 is 1. The smallest absolute Gasteiger partial charge is 0.243 e. The summed E-state index contributed by atoms with van der Waals surface area (Å²) in [4.78, 5) is 29.7. The van der Waals surface area contributed by atoms with Gasteiger partial charge in [0.2, 0.25) is 11.9 Å². The highest BCUT2D eigenvalue weighted by Gasteiger charge is 2.14. The van der Waals surface area contributed by atoms with Gasteiger partial charge in [0.1, 0.15) is 35.9 Å². The summed E-state index contributed by atoms with van der Waals surface area (Å²) in [5.41, 5.74) is 1.79. The molecule has 5 aromatic rings. The van der Waals surface area contributed by atoms with Gasteiger partial charge in [-0.25, -0.2) is 24.0 Å². The second-order valence-corrected chi connectivity index (χ2v) is 8.55. The minimum absolute atomic E-state index is 0.137. The number of nitrogens with one attached hydrogen (secondary N) is 3. The van der Waals surface area contributed by atoms with Crippen molar-refractivity contribution in [1.82, 2.24) is 34.1 Å². The first-order chi connectivity index (χ1) is 18.1. The maximum absolute atomic E-state index is 14.6. The van der Waals surface area contributed by atoms with E-state index in [0.29, 0.717) is 30.2 Å². The van der Waals surface area contributed by atoms with Gasteiger partial charge in [0.05, 0.1) is 29.7 Å². The number of ether oxygens (including phenoxy) is 1. The van der Waals surface area contributed by atoms with Crippen molar-refractivity contribution in [3.63, 3.8) is 0 Å². The molecule has 0 spiro atoms. The molecule has 0 aliphatic carbocycles. The first-order valence-electron chi connectivity index (χ1n) is 11.1. The van der Waals surface area contributed by atoms with Crippen LogP contribution < -0.4 is 16.0 Å². The van der Waals surface area contributed by atoms with Crippen LogP contribution in [0.1, 0.15) is 10.8 Å². The monoisotopic (exact) mass is 520 g/mol. The van der Waals surface area contributed by atoms with Gasteiger partial charge in [-0.3, -0.25) is 4.79 Å². The molecule has 12 nitrogen and oxygen atoms in total. The van der Waals surface area contributed by atoms with E-state index < -0.39 is 5.82 Å². The normalized spacial score (nSPS) is 11.0. The van der Waals surface area contributed by atoms with Crippen molar-refractivity contribution in [2.75, 3.05) is 29.6 Å². The van der Waals surface area contributed by atoms with Gasteiger partial charge in [-0.2, -0.15) is 14.5 Å². The van der Waals surface area contributed by atoms with Gasteiger partial charge in [-0.05, 0) is 47.9 Å². The Bertz CT molecular complexity index is 1510. The molecule has 1 amide bonds. The Labute approximate surface area is 214 Å². The van der Waals surface area contributed by atoms with E-state index in [1.165, 1.54) is 23.9 Å². The predicted octanol–water partition coefficient (Wildman–Crippen LogP) is 3.01. The molecule has 37 heavy (non-hydrogen) atoms. The molecule has 0 aliphatic rings. The van der Waals surface area contributed by atoms with Crippen molar-refractivity contribution >= 4 is 45.8 Å². The second kappa shape index (κ2) is 11.0. The van der Waals surface area contributed by atoms with Crippen LogP contribution in [0.25, 0.3) is 16.6 Å². The molecule has 3 N–H and O–H groups in total. The molecule has 3 aromatic heterocycles. The first-order valence-corrected chi connectivity index (χ1v) is 11.9. The van der Waals surface area contributed by atoms with E-state index in [9.17, 15) is 9.18 Å². The fourth-order valence-corrected chi connectivity index (χ4v) is 4.05. The Balaban J connectivity index is 1.27. The largest absolute Gasteiger partial charge is 0.377 e. The zero-order valence-corrected chi connectivity index (χ0v) is 20.4. The maximum Gasteiger partial charge on any atom is 0.243 e. The number of anilines is 3. The minimum Gasteiger partial charge on any atom is -0.377 e. The van der Waals surface area contributed by atoms with E-state index in [0.717, 1.165) is 10.7 Å². The number of amides is 1. The van der Waals surface area contributed by atoms with Gasteiger partial charge < -0.3 is 20.7 Å². The summed E-state index contributed by atoms with van der Waals surface area (Å²) >= 11 is 1.24. The number of fused-ring (bicyclic) bond motifs is 1. The topological polar surface area (TPSA) is 145 Å². The number of hydrogen-bond acceptors (Lipinski definition) is 11. The summed E-state index contributed by atoms with van der Waals surface area (Å²) in [5.74, 6) is 0.217. The number of carbonyl (C=O) groups is 1.